The number of piperazine rings is 1. The largest absolute Gasteiger partial charge is 0.447 e. The molecule has 0 spiro atoms. The lowest BCUT2D eigenvalue weighted by molar-refractivity contribution is -0.0588. The van der Waals surface area contributed by atoms with Crippen LogP contribution in [0.15, 0.2) is 10.7 Å². The molecule has 1 unspecified atom stereocenters. The molecule has 2 aliphatic heterocycles. The van der Waals surface area contributed by atoms with E-state index >= 15 is 0 Å². The molecule has 0 aromatic carbocycles. The zero-order chi connectivity index (χ0) is 20.9. The molecule has 3 heterocycles. The van der Waals surface area contributed by atoms with Crippen LogP contribution in [0.3, 0.4) is 0 Å². The first kappa shape index (κ1) is 22.6. The maximum absolute atomic E-state index is 12.5. The van der Waals surface area contributed by atoms with Crippen molar-refractivity contribution < 1.29 is 19.1 Å². The van der Waals surface area contributed by atoms with Crippen molar-refractivity contribution in [2.24, 2.45) is 0 Å². The number of aliphatic hydroxyl groups is 1. The zero-order valence-electron chi connectivity index (χ0n) is 17.8. The molecular weight excluding hydrogens is 392 g/mol. The third-order valence-corrected chi connectivity index (χ3v) is 6.01. The van der Waals surface area contributed by atoms with E-state index in [4.69, 9.17) is 9.15 Å². The van der Waals surface area contributed by atoms with Gasteiger partial charge in [0.2, 0.25) is 5.89 Å². The number of ether oxygens (including phenoxy) is 1. The molecule has 0 bridgehead atoms. The third kappa shape index (κ3) is 7.25. The first-order valence-corrected chi connectivity index (χ1v) is 11.5. The number of rotatable bonds is 7. The second-order valence-electron chi connectivity index (χ2n) is 8.69. The van der Waals surface area contributed by atoms with Crippen LogP contribution >= 0.6 is 11.8 Å². The zero-order valence-corrected chi connectivity index (χ0v) is 18.6. The van der Waals surface area contributed by atoms with Crippen molar-refractivity contribution in [2.75, 3.05) is 63.9 Å². The van der Waals surface area contributed by atoms with Crippen molar-refractivity contribution in [1.82, 2.24) is 19.7 Å². The van der Waals surface area contributed by atoms with Gasteiger partial charge in [-0.2, -0.15) is 11.8 Å². The summed E-state index contributed by atoms with van der Waals surface area (Å²) in [6.07, 6.45) is 1.01. The van der Waals surface area contributed by atoms with Crippen molar-refractivity contribution in [3.05, 3.63) is 17.8 Å². The smallest absolute Gasteiger partial charge is 0.275 e. The number of amides is 1. The minimum absolute atomic E-state index is 0.0309. The van der Waals surface area contributed by atoms with Crippen LogP contribution in [-0.2, 0) is 11.3 Å². The number of oxazole rings is 1. The minimum atomic E-state index is -0.478. The maximum atomic E-state index is 12.5. The molecule has 3 rings (SSSR count). The Morgan fingerprint density at radius 3 is 2.52 bits per heavy atom. The van der Waals surface area contributed by atoms with E-state index in [9.17, 15) is 9.90 Å². The quantitative estimate of drug-likeness (QED) is 0.696. The van der Waals surface area contributed by atoms with Gasteiger partial charge in [-0.15, -0.1) is 0 Å². The van der Waals surface area contributed by atoms with Crippen molar-refractivity contribution >= 4 is 17.7 Å². The lowest BCUT2D eigenvalue weighted by Gasteiger charge is -2.35. The van der Waals surface area contributed by atoms with Gasteiger partial charge in [0.15, 0.2) is 5.69 Å². The predicted octanol–water partition coefficient (Wildman–Crippen LogP) is 1.16. The molecule has 9 heteroatoms. The highest BCUT2D eigenvalue weighted by Crippen LogP contribution is 2.15. The van der Waals surface area contributed by atoms with Crippen LogP contribution < -0.4 is 0 Å². The lowest BCUT2D eigenvalue weighted by atomic mass is 10.2. The monoisotopic (exact) mass is 426 g/mol. The number of aliphatic hydroxyl groups excluding tert-OH is 1. The molecule has 0 aliphatic carbocycles. The number of β-amino-alcohol motifs (C(OH)–C–C–N with tert-alkyl or cyclic N) is 1. The van der Waals surface area contributed by atoms with Crippen LogP contribution in [0.5, 0.6) is 0 Å². The molecule has 164 valence electrons. The molecule has 1 aromatic heterocycles. The summed E-state index contributed by atoms with van der Waals surface area (Å²) in [5.74, 6) is 2.53. The summed E-state index contributed by atoms with van der Waals surface area (Å²) < 4.78 is 11.2. The number of nitrogens with zero attached hydrogens (tertiary/aromatic N) is 4. The lowest BCUT2D eigenvalue weighted by Crippen LogP contribution is -2.49. The van der Waals surface area contributed by atoms with Gasteiger partial charge in [0.25, 0.3) is 5.91 Å². The number of hydrogen-bond acceptors (Lipinski definition) is 8. The van der Waals surface area contributed by atoms with E-state index in [-0.39, 0.29) is 11.5 Å². The highest BCUT2D eigenvalue weighted by atomic mass is 32.2. The van der Waals surface area contributed by atoms with E-state index in [0.29, 0.717) is 31.3 Å². The summed E-state index contributed by atoms with van der Waals surface area (Å²) in [6, 6.07) is 0. The molecule has 2 aliphatic rings. The van der Waals surface area contributed by atoms with Gasteiger partial charge in [-0.25, -0.2) is 4.98 Å². The Kier molecular flexibility index (Phi) is 7.98. The van der Waals surface area contributed by atoms with E-state index in [0.717, 1.165) is 50.8 Å². The minimum Gasteiger partial charge on any atom is -0.447 e. The molecule has 8 nitrogen and oxygen atoms in total. The second-order valence-corrected chi connectivity index (χ2v) is 9.91. The van der Waals surface area contributed by atoms with Crippen LogP contribution in [0.2, 0.25) is 0 Å². The van der Waals surface area contributed by atoms with Gasteiger partial charge in [0.1, 0.15) is 6.26 Å². The SMILES string of the molecule is CC(C)(C)OCC(O)CN1CCN(Cc2nc(C(=O)N3CCSCC3)co2)CC1. The summed E-state index contributed by atoms with van der Waals surface area (Å²) >= 11 is 1.88. The molecular formula is C20H34N4O4S. The normalized spacial score (nSPS) is 20.8. The third-order valence-electron chi connectivity index (χ3n) is 5.07. The highest BCUT2D eigenvalue weighted by Gasteiger charge is 2.24. The molecule has 29 heavy (non-hydrogen) atoms. The average Bonchev–Trinajstić information content (AvgIpc) is 3.16. The van der Waals surface area contributed by atoms with E-state index < -0.39 is 6.10 Å². The van der Waals surface area contributed by atoms with Crippen LogP contribution in [0.25, 0.3) is 0 Å². The van der Waals surface area contributed by atoms with Crippen molar-refractivity contribution in [3.63, 3.8) is 0 Å². The fraction of sp³-hybridized carbons (Fsp3) is 0.800. The molecule has 1 N–H and O–H groups in total. The number of aromatic nitrogens is 1. The summed E-state index contributed by atoms with van der Waals surface area (Å²) in [7, 11) is 0. The summed E-state index contributed by atoms with van der Waals surface area (Å²) in [5.41, 5.74) is 0.177. The molecule has 2 fully saturated rings. The Morgan fingerprint density at radius 1 is 1.21 bits per heavy atom. The summed E-state index contributed by atoms with van der Waals surface area (Å²) in [6.45, 7) is 12.6. The molecule has 1 amide bonds. The van der Waals surface area contributed by atoms with Crippen molar-refractivity contribution in [1.29, 1.82) is 0 Å². The van der Waals surface area contributed by atoms with Gasteiger partial charge in [0.05, 0.1) is 24.9 Å². The van der Waals surface area contributed by atoms with Crippen molar-refractivity contribution in [3.8, 4) is 0 Å². The van der Waals surface area contributed by atoms with Gasteiger partial charge in [-0.05, 0) is 20.8 Å². The first-order chi connectivity index (χ1) is 13.8. The Morgan fingerprint density at radius 2 is 1.86 bits per heavy atom. The van der Waals surface area contributed by atoms with Crippen LogP contribution in [-0.4, -0.2) is 106 Å². The summed E-state index contributed by atoms with van der Waals surface area (Å²) in [4.78, 5) is 23.3. The Balaban J connectivity index is 1.39. The molecule has 0 saturated carbocycles. The topological polar surface area (TPSA) is 82.3 Å². The Hall–Kier alpha value is -1.13. The number of thioether (sulfide) groups is 1. The van der Waals surface area contributed by atoms with E-state index in [2.05, 4.69) is 14.8 Å². The van der Waals surface area contributed by atoms with Crippen LogP contribution in [0.1, 0.15) is 37.2 Å². The van der Waals surface area contributed by atoms with Crippen LogP contribution in [0, 0.1) is 0 Å². The van der Waals surface area contributed by atoms with Gasteiger partial charge in [-0.3, -0.25) is 14.6 Å². The van der Waals surface area contributed by atoms with Gasteiger partial charge in [-0.1, -0.05) is 0 Å². The van der Waals surface area contributed by atoms with Gasteiger partial charge >= 0.3 is 0 Å². The number of hydrogen-bond donors (Lipinski definition) is 1. The number of carbonyl (C=O) groups is 1. The second kappa shape index (κ2) is 10.3. The first-order valence-electron chi connectivity index (χ1n) is 10.4. The van der Waals surface area contributed by atoms with E-state index in [1.165, 1.54) is 6.26 Å². The van der Waals surface area contributed by atoms with Crippen LogP contribution in [0.4, 0.5) is 0 Å². The molecule has 1 aromatic rings. The van der Waals surface area contributed by atoms with Gasteiger partial charge in [0, 0.05) is 57.3 Å². The fourth-order valence-corrected chi connectivity index (χ4v) is 4.33. The summed E-state index contributed by atoms with van der Waals surface area (Å²) in [5, 5.41) is 10.2. The van der Waals surface area contributed by atoms with Gasteiger partial charge < -0.3 is 19.2 Å². The highest BCUT2D eigenvalue weighted by molar-refractivity contribution is 7.99. The molecule has 2 saturated heterocycles. The molecule has 0 radical (unpaired) electrons. The predicted molar refractivity (Wildman–Crippen MR) is 113 cm³/mol. The fourth-order valence-electron chi connectivity index (χ4n) is 3.43. The molecule has 1 atom stereocenters. The Labute approximate surface area is 177 Å². The standard InChI is InChI=1S/C20H34N4O4S/c1-20(2,3)28-14-16(25)12-22-4-6-23(7-5-22)13-18-21-17(15-27-18)19(26)24-8-10-29-11-9-24/h15-16,25H,4-14H2,1-3H3. The number of carbonyl (C=O) groups excluding carboxylic acids is 1. The van der Waals surface area contributed by atoms with Crippen molar-refractivity contribution in [2.45, 2.75) is 39.0 Å². The van der Waals surface area contributed by atoms with E-state index in [1.807, 2.05) is 37.4 Å². The van der Waals surface area contributed by atoms with E-state index in [1.54, 1.807) is 0 Å². The average molecular weight is 427 g/mol. The Bertz CT molecular complexity index is 649. The maximum Gasteiger partial charge on any atom is 0.275 e.